The van der Waals surface area contributed by atoms with Crippen molar-refractivity contribution in [3.05, 3.63) is 35.5 Å². The maximum atomic E-state index is 12.6. The van der Waals surface area contributed by atoms with Crippen LogP contribution in [0.1, 0.15) is 38.3 Å². The molecule has 0 spiro atoms. The number of aromatic nitrogens is 2. The quantitative estimate of drug-likeness (QED) is 0.846. The van der Waals surface area contributed by atoms with Gasteiger partial charge in [-0.1, -0.05) is 13.0 Å². The Morgan fingerprint density at radius 2 is 2.27 bits per heavy atom. The zero-order valence-electron chi connectivity index (χ0n) is 15.0. The van der Waals surface area contributed by atoms with E-state index in [1.807, 2.05) is 35.4 Å². The minimum atomic E-state index is 0.0614. The predicted molar refractivity (Wildman–Crippen MR) is 102 cm³/mol. The number of thiazole rings is 1. The van der Waals surface area contributed by atoms with Crippen molar-refractivity contribution in [1.29, 1.82) is 0 Å². The van der Waals surface area contributed by atoms with Crippen LogP contribution >= 0.6 is 11.3 Å². The minimum Gasteiger partial charge on any atom is -0.352 e. The lowest BCUT2D eigenvalue weighted by Crippen LogP contribution is -2.50. The van der Waals surface area contributed by atoms with Crippen molar-refractivity contribution in [2.45, 2.75) is 45.1 Å². The number of amides is 2. The molecule has 0 saturated carbocycles. The van der Waals surface area contributed by atoms with E-state index in [0.29, 0.717) is 19.4 Å². The molecule has 1 aliphatic rings. The molecular formula is C19H24N4O2S. The van der Waals surface area contributed by atoms with E-state index in [1.165, 1.54) is 11.3 Å². The average Bonchev–Trinajstić information content (AvgIpc) is 3.11. The molecule has 1 unspecified atom stereocenters. The fourth-order valence-electron chi connectivity index (χ4n) is 3.11. The molecule has 0 radical (unpaired) electrons. The van der Waals surface area contributed by atoms with Crippen LogP contribution in [0.5, 0.6) is 0 Å². The van der Waals surface area contributed by atoms with Crippen LogP contribution in [0.3, 0.4) is 0 Å². The molecule has 1 fully saturated rings. The number of rotatable bonds is 6. The summed E-state index contributed by atoms with van der Waals surface area (Å²) in [5.74, 6) is 0.142. The Balaban J connectivity index is 1.56. The first-order chi connectivity index (χ1) is 12.7. The van der Waals surface area contributed by atoms with E-state index in [2.05, 4.69) is 15.3 Å². The van der Waals surface area contributed by atoms with Gasteiger partial charge in [0.1, 0.15) is 5.01 Å². The molecule has 2 aromatic heterocycles. The third kappa shape index (κ3) is 4.88. The van der Waals surface area contributed by atoms with Crippen LogP contribution in [0, 0.1) is 0 Å². The van der Waals surface area contributed by atoms with Crippen LogP contribution in [0.15, 0.2) is 29.8 Å². The maximum absolute atomic E-state index is 12.6. The number of carbonyl (C=O) groups is 2. The Morgan fingerprint density at radius 3 is 3.04 bits per heavy atom. The molecule has 7 heteroatoms. The zero-order chi connectivity index (χ0) is 18.4. The van der Waals surface area contributed by atoms with Gasteiger partial charge in [-0.15, -0.1) is 11.3 Å². The summed E-state index contributed by atoms with van der Waals surface area (Å²) in [6.45, 7) is 3.32. The third-order valence-electron chi connectivity index (χ3n) is 4.38. The molecule has 0 aliphatic carbocycles. The van der Waals surface area contributed by atoms with E-state index in [-0.39, 0.29) is 17.9 Å². The highest BCUT2D eigenvalue weighted by Crippen LogP contribution is 2.22. The second kappa shape index (κ2) is 8.89. The largest absolute Gasteiger partial charge is 0.352 e. The summed E-state index contributed by atoms with van der Waals surface area (Å²) in [6.07, 6.45) is 5.25. The standard InChI is InChI=1S/C19H24N4O2S/c1-2-6-17(24)21-14-7-5-10-23(12-14)18(25)11-15-13-26-19(22-15)16-8-3-4-9-20-16/h3-4,8-9,13-14H,2,5-7,10-12H2,1H3,(H,21,24). The summed E-state index contributed by atoms with van der Waals surface area (Å²) < 4.78 is 0. The number of nitrogens with one attached hydrogen (secondary N) is 1. The topological polar surface area (TPSA) is 75.2 Å². The fourth-order valence-corrected chi connectivity index (χ4v) is 3.91. The van der Waals surface area contributed by atoms with Gasteiger partial charge in [-0.25, -0.2) is 4.98 Å². The van der Waals surface area contributed by atoms with Crippen LogP contribution in [0.2, 0.25) is 0 Å². The first-order valence-electron chi connectivity index (χ1n) is 9.08. The maximum Gasteiger partial charge on any atom is 0.228 e. The number of hydrogen-bond donors (Lipinski definition) is 1. The lowest BCUT2D eigenvalue weighted by Gasteiger charge is -2.33. The van der Waals surface area contributed by atoms with Gasteiger partial charge in [0.05, 0.1) is 17.8 Å². The summed E-state index contributed by atoms with van der Waals surface area (Å²) in [7, 11) is 0. The number of hydrogen-bond acceptors (Lipinski definition) is 5. The van der Waals surface area contributed by atoms with Crippen LogP contribution in [-0.4, -0.2) is 45.8 Å². The molecule has 0 aromatic carbocycles. The molecule has 1 aliphatic heterocycles. The molecule has 26 heavy (non-hydrogen) atoms. The minimum absolute atomic E-state index is 0.0614. The molecule has 2 aromatic rings. The van der Waals surface area contributed by atoms with Gasteiger partial charge in [-0.3, -0.25) is 14.6 Å². The second-order valence-electron chi connectivity index (χ2n) is 6.53. The van der Waals surface area contributed by atoms with Crippen LogP contribution < -0.4 is 5.32 Å². The van der Waals surface area contributed by atoms with Gasteiger partial charge in [-0.05, 0) is 31.4 Å². The van der Waals surface area contributed by atoms with E-state index < -0.39 is 0 Å². The predicted octanol–water partition coefficient (Wildman–Crippen LogP) is 2.65. The number of pyridine rings is 1. The molecule has 3 rings (SSSR count). The molecule has 0 bridgehead atoms. The highest BCUT2D eigenvalue weighted by molar-refractivity contribution is 7.13. The van der Waals surface area contributed by atoms with Crippen molar-refractivity contribution in [1.82, 2.24) is 20.2 Å². The van der Waals surface area contributed by atoms with Crippen molar-refractivity contribution in [2.24, 2.45) is 0 Å². The molecule has 2 amide bonds. The summed E-state index contributed by atoms with van der Waals surface area (Å²) >= 11 is 1.50. The molecular weight excluding hydrogens is 348 g/mol. The molecule has 1 saturated heterocycles. The SMILES string of the molecule is CCCC(=O)NC1CCCN(C(=O)Cc2csc(-c3ccccn3)n2)C1. The Morgan fingerprint density at radius 1 is 1.38 bits per heavy atom. The first kappa shape index (κ1) is 18.5. The van der Waals surface area contributed by atoms with Gasteiger partial charge in [0, 0.05) is 37.1 Å². The van der Waals surface area contributed by atoms with Crippen molar-refractivity contribution in [3.63, 3.8) is 0 Å². The fraction of sp³-hybridized carbons (Fsp3) is 0.474. The first-order valence-corrected chi connectivity index (χ1v) is 9.96. The van der Waals surface area contributed by atoms with Crippen molar-refractivity contribution in [2.75, 3.05) is 13.1 Å². The van der Waals surface area contributed by atoms with Crippen molar-refractivity contribution in [3.8, 4) is 10.7 Å². The lowest BCUT2D eigenvalue weighted by atomic mass is 10.0. The monoisotopic (exact) mass is 372 g/mol. The molecule has 1 atom stereocenters. The number of nitrogens with zero attached hydrogens (tertiary/aromatic N) is 3. The number of likely N-dealkylation sites (tertiary alicyclic amines) is 1. The molecule has 6 nitrogen and oxygen atoms in total. The van der Waals surface area contributed by atoms with E-state index >= 15 is 0 Å². The number of piperidine rings is 1. The van der Waals surface area contributed by atoms with Gasteiger partial charge >= 0.3 is 0 Å². The Labute approximate surface area is 157 Å². The van der Waals surface area contributed by atoms with Gasteiger partial charge in [0.15, 0.2) is 0 Å². The van der Waals surface area contributed by atoms with E-state index in [9.17, 15) is 9.59 Å². The Bertz CT molecular complexity index is 747. The zero-order valence-corrected chi connectivity index (χ0v) is 15.8. The summed E-state index contributed by atoms with van der Waals surface area (Å²) in [6, 6.07) is 5.77. The van der Waals surface area contributed by atoms with E-state index in [1.54, 1.807) is 6.20 Å². The van der Waals surface area contributed by atoms with Gasteiger partial charge < -0.3 is 10.2 Å². The average molecular weight is 372 g/mol. The molecule has 1 N–H and O–H groups in total. The summed E-state index contributed by atoms with van der Waals surface area (Å²) in [4.78, 5) is 35.1. The van der Waals surface area contributed by atoms with Crippen molar-refractivity contribution >= 4 is 23.2 Å². The van der Waals surface area contributed by atoms with Gasteiger partial charge in [0.25, 0.3) is 0 Å². The van der Waals surface area contributed by atoms with Crippen LogP contribution in [0.25, 0.3) is 10.7 Å². The molecule has 3 heterocycles. The smallest absolute Gasteiger partial charge is 0.228 e. The summed E-state index contributed by atoms with van der Waals surface area (Å²) in [5.41, 5.74) is 1.60. The van der Waals surface area contributed by atoms with Crippen LogP contribution in [0.4, 0.5) is 0 Å². The highest BCUT2D eigenvalue weighted by Gasteiger charge is 2.25. The van der Waals surface area contributed by atoms with Crippen molar-refractivity contribution < 1.29 is 9.59 Å². The molecule has 138 valence electrons. The highest BCUT2D eigenvalue weighted by atomic mass is 32.1. The Hall–Kier alpha value is -2.28. The summed E-state index contributed by atoms with van der Waals surface area (Å²) in [5, 5.41) is 5.79. The van der Waals surface area contributed by atoms with E-state index in [0.717, 1.165) is 42.2 Å². The van der Waals surface area contributed by atoms with Gasteiger partial charge in [-0.2, -0.15) is 0 Å². The third-order valence-corrected chi connectivity index (χ3v) is 5.30. The van der Waals surface area contributed by atoms with E-state index in [4.69, 9.17) is 0 Å². The lowest BCUT2D eigenvalue weighted by molar-refractivity contribution is -0.133. The normalized spacial score (nSPS) is 17.1. The second-order valence-corrected chi connectivity index (χ2v) is 7.39. The van der Waals surface area contributed by atoms with Gasteiger partial charge in [0.2, 0.25) is 11.8 Å². The number of carbonyl (C=O) groups excluding carboxylic acids is 2. The Kier molecular flexibility index (Phi) is 6.33. The van der Waals surface area contributed by atoms with Crippen LogP contribution in [-0.2, 0) is 16.0 Å².